The zero-order valence-corrected chi connectivity index (χ0v) is 17.2. The number of carbonyl (C=O) groups excluding carboxylic acids is 1. The van der Waals surface area contributed by atoms with Crippen molar-refractivity contribution >= 4 is 11.7 Å². The van der Waals surface area contributed by atoms with Gasteiger partial charge in [-0.1, -0.05) is 44.2 Å². The van der Waals surface area contributed by atoms with Gasteiger partial charge >= 0.3 is 0 Å². The van der Waals surface area contributed by atoms with Gasteiger partial charge in [0.15, 0.2) is 0 Å². The Hall–Kier alpha value is -3.19. The lowest BCUT2D eigenvalue weighted by Crippen LogP contribution is -2.14. The first-order valence-corrected chi connectivity index (χ1v) is 9.52. The highest BCUT2D eigenvalue weighted by molar-refractivity contribution is 5.98. The van der Waals surface area contributed by atoms with Crippen molar-refractivity contribution in [2.75, 3.05) is 12.3 Å². The first kappa shape index (κ1) is 22.1. The Morgan fingerprint density at radius 1 is 1.17 bits per heavy atom. The van der Waals surface area contributed by atoms with Gasteiger partial charge in [-0.3, -0.25) is 9.48 Å². The van der Waals surface area contributed by atoms with Gasteiger partial charge in [-0.15, -0.1) is 0 Å². The van der Waals surface area contributed by atoms with Crippen LogP contribution in [0.1, 0.15) is 36.2 Å². The number of hydrogen-bond acceptors (Lipinski definition) is 5. The SMILES string of the molecule is CC(C)CCOCc1ccccc1.Cn1cc(-c2cnc(N)c(C(N)=O)c2)cn1. The van der Waals surface area contributed by atoms with Crippen molar-refractivity contribution < 1.29 is 9.53 Å². The molecule has 0 aliphatic rings. The third-order valence-electron chi connectivity index (χ3n) is 4.17. The standard InChI is InChI=1S/C12H18O.C10H11N5O/c1-11(2)8-9-13-10-12-6-4-3-5-7-12;1-15-5-7(4-14-15)6-2-8(10(12)16)9(11)13-3-6/h3-7,11H,8-10H2,1-2H3;2-5H,1H3,(H2,11,13)(H2,12,16). The van der Waals surface area contributed by atoms with Crippen molar-refractivity contribution in [1.29, 1.82) is 0 Å². The molecule has 3 aromatic rings. The number of pyridine rings is 1. The molecule has 0 aliphatic carbocycles. The molecule has 2 aromatic heterocycles. The van der Waals surface area contributed by atoms with Gasteiger partial charge < -0.3 is 16.2 Å². The van der Waals surface area contributed by atoms with E-state index in [0.717, 1.165) is 36.7 Å². The molecule has 0 atom stereocenters. The van der Waals surface area contributed by atoms with Crippen molar-refractivity contribution in [3.05, 3.63) is 66.1 Å². The van der Waals surface area contributed by atoms with Crippen LogP contribution in [-0.4, -0.2) is 27.3 Å². The van der Waals surface area contributed by atoms with Crippen LogP contribution in [0.2, 0.25) is 0 Å². The van der Waals surface area contributed by atoms with Crippen LogP contribution in [0, 0.1) is 5.92 Å². The van der Waals surface area contributed by atoms with Gasteiger partial charge in [-0.2, -0.15) is 5.10 Å². The van der Waals surface area contributed by atoms with Crippen LogP contribution >= 0.6 is 0 Å². The van der Waals surface area contributed by atoms with E-state index in [-0.39, 0.29) is 11.4 Å². The minimum Gasteiger partial charge on any atom is -0.383 e. The van der Waals surface area contributed by atoms with Crippen LogP contribution in [0.25, 0.3) is 11.1 Å². The highest BCUT2D eigenvalue weighted by Crippen LogP contribution is 2.20. The topological polar surface area (TPSA) is 109 Å². The summed E-state index contributed by atoms with van der Waals surface area (Å²) < 4.78 is 7.19. The number of amides is 1. The Kier molecular flexibility index (Phi) is 8.36. The van der Waals surface area contributed by atoms with Crippen molar-refractivity contribution in [3.8, 4) is 11.1 Å². The maximum absolute atomic E-state index is 11.1. The number of nitrogen functional groups attached to an aromatic ring is 1. The van der Waals surface area contributed by atoms with Gasteiger partial charge in [0.2, 0.25) is 0 Å². The van der Waals surface area contributed by atoms with Gasteiger partial charge in [-0.25, -0.2) is 4.98 Å². The number of aromatic nitrogens is 3. The highest BCUT2D eigenvalue weighted by Gasteiger charge is 2.10. The molecule has 0 radical (unpaired) electrons. The van der Waals surface area contributed by atoms with E-state index in [1.54, 1.807) is 23.1 Å². The monoisotopic (exact) mass is 395 g/mol. The Morgan fingerprint density at radius 2 is 1.90 bits per heavy atom. The zero-order valence-electron chi connectivity index (χ0n) is 17.2. The number of ether oxygens (including phenoxy) is 1. The fourth-order valence-corrected chi connectivity index (χ4v) is 2.48. The Morgan fingerprint density at radius 3 is 2.48 bits per heavy atom. The summed E-state index contributed by atoms with van der Waals surface area (Å²) in [6.07, 6.45) is 6.22. The molecule has 29 heavy (non-hydrogen) atoms. The minimum absolute atomic E-state index is 0.139. The molecule has 2 heterocycles. The van der Waals surface area contributed by atoms with E-state index in [9.17, 15) is 4.79 Å². The molecule has 0 unspecified atom stereocenters. The van der Waals surface area contributed by atoms with Gasteiger partial charge in [0.25, 0.3) is 5.91 Å². The molecule has 7 heteroatoms. The molecule has 4 N–H and O–H groups in total. The van der Waals surface area contributed by atoms with Gasteiger partial charge in [0, 0.05) is 37.2 Å². The van der Waals surface area contributed by atoms with Gasteiger partial charge in [-0.05, 0) is 24.0 Å². The molecule has 7 nitrogen and oxygen atoms in total. The molecule has 0 saturated heterocycles. The quantitative estimate of drug-likeness (QED) is 0.596. The summed E-state index contributed by atoms with van der Waals surface area (Å²) in [5.74, 6) is 0.284. The smallest absolute Gasteiger partial charge is 0.252 e. The summed E-state index contributed by atoms with van der Waals surface area (Å²) >= 11 is 0. The van der Waals surface area contributed by atoms with Crippen molar-refractivity contribution in [1.82, 2.24) is 14.8 Å². The van der Waals surface area contributed by atoms with Gasteiger partial charge in [0.1, 0.15) is 5.82 Å². The molecule has 0 saturated carbocycles. The predicted molar refractivity (Wildman–Crippen MR) is 115 cm³/mol. The average Bonchev–Trinajstić information content (AvgIpc) is 3.13. The summed E-state index contributed by atoms with van der Waals surface area (Å²) in [5, 5.41) is 4.03. The predicted octanol–water partition coefficient (Wildman–Crippen LogP) is 3.41. The fraction of sp³-hybridized carbons (Fsp3) is 0.318. The van der Waals surface area contributed by atoms with Crippen LogP contribution in [-0.2, 0) is 18.4 Å². The number of hydrogen-bond donors (Lipinski definition) is 2. The van der Waals surface area contributed by atoms with E-state index in [1.165, 1.54) is 5.56 Å². The number of primary amides is 1. The molecular weight excluding hydrogens is 366 g/mol. The first-order chi connectivity index (χ1) is 13.9. The number of nitrogens with zero attached hydrogens (tertiary/aromatic N) is 3. The molecular formula is C22H29N5O2. The van der Waals surface area contributed by atoms with E-state index in [0.29, 0.717) is 0 Å². The third-order valence-corrected chi connectivity index (χ3v) is 4.17. The first-order valence-electron chi connectivity index (χ1n) is 9.52. The lowest BCUT2D eigenvalue weighted by atomic mass is 10.1. The molecule has 3 rings (SSSR count). The maximum Gasteiger partial charge on any atom is 0.252 e. The van der Waals surface area contributed by atoms with Crippen molar-refractivity contribution in [3.63, 3.8) is 0 Å². The number of rotatable bonds is 7. The Bertz CT molecular complexity index is 907. The summed E-state index contributed by atoms with van der Waals surface area (Å²) in [6.45, 7) is 6.04. The summed E-state index contributed by atoms with van der Waals surface area (Å²) in [6, 6.07) is 11.9. The second-order valence-electron chi connectivity index (χ2n) is 7.14. The average molecular weight is 396 g/mol. The third kappa shape index (κ3) is 7.38. The van der Waals surface area contributed by atoms with Crippen LogP contribution in [0.15, 0.2) is 55.0 Å². The van der Waals surface area contributed by atoms with Crippen LogP contribution < -0.4 is 11.5 Å². The van der Waals surface area contributed by atoms with Crippen molar-refractivity contribution in [2.45, 2.75) is 26.9 Å². The van der Waals surface area contributed by atoms with E-state index in [4.69, 9.17) is 16.2 Å². The van der Waals surface area contributed by atoms with E-state index in [2.05, 4.69) is 36.1 Å². The summed E-state index contributed by atoms with van der Waals surface area (Å²) in [5.41, 5.74) is 13.8. The molecule has 0 fully saturated rings. The van der Waals surface area contributed by atoms with Crippen LogP contribution in [0.4, 0.5) is 5.82 Å². The lowest BCUT2D eigenvalue weighted by molar-refractivity contribution is 0.100. The number of nitrogens with two attached hydrogens (primary N) is 2. The summed E-state index contributed by atoms with van der Waals surface area (Å²) in [4.78, 5) is 15.0. The number of anilines is 1. The maximum atomic E-state index is 11.1. The normalized spacial score (nSPS) is 10.5. The molecule has 0 bridgehead atoms. The van der Waals surface area contributed by atoms with E-state index in [1.807, 2.05) is 31.4 Å². The van der Waals surface area contributed by atoms with Crippen LogP contribution in [0.3, 0.4) is 0 Å². The minimum atomic E-state index is -0.587. The molecule has 1 aromatic carbocycles. The molecule has 1 amide bonds. The number of benzene rings is 1. The number of carbonyl (C=O) groups is 1. The van der Waals surface area contributed by atoms with Crippen LogP contribution in [0.5, 0.6) is 0 Å². The second-order valence-corrected chi connectivity index (χ2v) is 7.14. The van der Waals surface area contributed by atoms with E-state index < -0.39 is 5.91 Å². The lowest BCUT2D eigenvalue weighted by Gasteiger charge is -2.05. The zero-order chi connectivity index (χ0) is 21.2. The fourth-order valence-electron chi connectivity index (χ4n) is 2.48. The largest absolute Gasteiger partial charge is 0.383 e. The Labute approximate surface area is 171 Å². The Balaban J connectivity index is 0.000000212. The summed E-state index contributed by atoms with van der Waals surface area (Å²) in [7, 11) is 1.81. The molecule has 154 valence electrons. The van der Waals surface area contributed by atoms with Crippen molar-refractivity contribution in [2.24, 2.45) is 18.7 Å². The second kappa shape index (κ2) is 11.0. The number of aryl methyl sites for hydroxylation is 1. The highest BCUT2D eigenvalue weighted by atomic mass is 16.5. The molecule has 0 spiro atoms. The van der Waals surface area contributed by atoms with E-state index >= 15 is 0 Å². The van der Waals surface area contributed by atoms with Gasteiger partial charge in [0.05, 0.1) is 18.4 Å². The molecule has 0 aliphatic heterocycles.